The van der Waals surface area contributed by atoms with Gasteiger partial charge < -0.3 is 15.7 Å². The van der Waals surface area contributed by atoms with Crippen LogP contribution in [0.25, 0.3) is 6.08 Å². The average Bonchev–Trinajstić information content (AvgIpc) is 3.02. The summed E-state index contributed by atoms with van der Waals surface area (Å²) in [4.78, 5) is 36.9. The maximum Gasteiger partial charge on any atom is 0.328 e. The highest BCUT2D eigenvalue weighted by atomic mass is 32.1. The Hall–Kier alpha value is -2.15. The number of nitrogens with two attached hydrogens (primary N) is 1. The van der Waals surface area contributed by atoms with E-state index in [1.165, 1.54) is 17.4 Å². The third-order valence-corrected chi connectivity index (χ3v) is 4.61. The molecule has 0 bridgehead atoms. The Bertz CT molecular complexity index is 620. The number of hydrogen-bond acceptors (Lipinski definition) is 4. The van der Waals surface area contributed by atoms with Gasteiger partial charge in [-0.2, -0.15) is 0 Å². The molecular formula is C14H16N2O4S. The van der Waals surface area contributed by atoms with Crippen LogP contribution in [-0.2, 0) is 9.59 Å². The molecule has 1 aromatic heterocycles. The van der Waals surface area contributed by atoms with E-state index in [0.717, 1.165) is 16.5 Å². The van der Waals surface area contributed by atoms with Crippen LogP contribution in [0.1, 0.15) is 26.5 Å². The smallest absolute Gasteiger partial charge is 0.328 e. The first-order valence-corrected chi connectivity index (χ1v) is 7.30. The molecule has 0 aliphatic carbocycles. The van der Waals surface area contributed by atoms with E-state index < -0.39 is 5.97 Å². The molecule has 0 saturated carbocycles. The lowest BCUT2D eigenvalue weighted by Crippen LogP contribution is -2.31. The lowest BCUT2D eigenvalue weighted by Gasteiger charge is -2.14. The minimum Gasteiger partial charge on any atom is -0.478 e. The number of hydrogen-bond donors (Lipinski definition) is 2. The normalized spacial score (nSPS) is 18.3. The molecule has 2 heterocycles. The molecule has 21 heavy (non-hydrogen) atoms. The number of carbonyl (C=O) groups is 3. The first kappa shape index (κ1) is 15.2. The van der Waals surface area contributed by atoms with E-state index in [2.05, 4.69) is 0 Å². The van der Waals surface area contributed by atoms with Crippen LogP contribution in [-0.4, -0.2) is 40.9 Å². The molecule has 1 saturated heterocycles. The summed E-state index contributed by atoms with van der Waals surface area (Å²) in [7, 11) is 0. The lowest BCUT2D eigenvalue weighted by atomic mass is 10.1. The average molecular weight is 308 g/mol. The SMILES string of the molecule is Cc1cc(C(=O)N2CCC(C(N)=O)C2)sc1/C=C/C(=O)O. The lowest BCUT2D eigenvalue weighted by molar-refractivity contribution is -0.131. The van der Waals surface area contributed by atoms with Crippen molar-refractivity contribution in [2.24, 2.45) is 11.7 Å². The molecule has 6 nitrogen and oxygen atoms in total. The Balaban J connectivity index is 2.12. The molecule has 0 aromatic carbocycles. The van der Waals surface area contributed by atoms with Gasteiger partial charge in [0.2, 0.25) is 5.91 Å². The first-order valence-electron chi connectivity index (χ1n) is 6.48. The van der Waals surface area contributed by atoms with E-state index in [0.29, 0.717) is 24.4 Å². The van der Waals surface area contributed by atoms with Gasteiger partial charge in [-0.15, -0.1) is 11.3 Å². The summed E-state index contributed by atoms with van der Waals surface area (Å²) < 4.78 is 0. The summed E-state index contributed by atoms with van der Waals surface area (Å²) in [5.41, 5.74) is 6.11. The summed E-state index contributed by atoms with van der Waals surface area (Å²) in [6.45, 7) is 2.69. The van der Waals surface area contributed by atoms with Gasteiger partial charge in [-0.1, -0.05) is 0 Å². The van der Waals surface area contributed by atoms with Crippen molar-refractivity contribution in [3.8, 4) is 0 Å². The van der Waals surface area contributed by atoms with Gasteiger partial charge in [-0.05, 0) is 31.1 Å². The van der Waals surface area contributed by atoms with E-state index in [1.54, 1.807) is 11.0 Å². The Morgan fingerprint density at radius 3 is 2.76 bits per heavy atom. The fraction of sp³-hybridized carbons (Fsp3) is 0.357. The molecule has 0 radical (unpaired) electrons. The maximum absolute atomic E-state index is 12.4. The van der Waals surface area contributed by atoms with E-state index in [-0.39, 0.29) is 17.7 Å². The number of primary amides is 1. The van der Waals surface area contributed by atoms with Crippen LogP contribution in [0, 0.1) is 12.8 Å². The molecule has 1 atom stereocenters. The third-order valence-electron chi connectivity index (χ3n) is 3.42. The fourth-order valence-corrected chi connectivity index (χ4v) is 3.29. The highest BCUT2D eigenvalue weighted by molar-refractivity contribution is 7.15. The fourth-order valence-electron chi connectivity index (χ4n) is 2.25. The van der Waals surface area contributed by atoms with Crippen LogP contribution in [0.2, 0.25) is 0 Å². The maximum atomic E-state index is 12.4. The molecule has 1 aliphatic heterocycles. The predicted octanol–water partition coefficient (Wildman–Crippen LogP) is 1.10. The largest absolute Gasteiger partial charge is 0.478 e. The minimum atomic E-state index is -1.03. The Morgan fingerprint density at radius 2 is 2.19 bits per heavy atom. The van der Waals surface area contributed by atoms with E-state index in [9.17, 15) is 14.4 Å². The number of carbonyl (C=O) groups excluding carboxylic acids is 2. The van der Waals surface area contributed by atoms with Crippen molar-refractivity contribution >= 4 is 35.2 Å². The number of carboxylic acid groups (broad SMARTS) is 1. The Labute approximate surface area is 125 Å². The molecule has 3 N–H and O–H groups in total. The monoisotopic (exact) mass is 308 g/mol. The predicted molar refractivity (Wildman–Crippen MR) is 78.9 cm³/mol. The molecular weight excluding hydrogens is 292 g/mol. The number of aryl methyl sites for hydroxylation is 1. The molecule has 1 unspecified atom stereocenters. The second-order valence-electron chi connectivity index (χ2n) is 4.97. The Kier molecular flexibility index (Phi) is 4.42. The molecule has 7 heteroatoms. The summed E-state index contributed by atoms with van der Waals surface area (Å²) in [5.74, 6) is -1.82. The second-order valence-corrected chi connectivity index (χ2v) is 6.05. The molecule has 2 amide bonds. The van der Waals surface area contributed by atoms with Gasteiger partial charge in [-0.25, -0.2) is 4.79 Å². The van der Waals surface area contributed by atoms with Gasteiger partial charge in [0.25, 0.3) is 5.91 Å². The molecule has 1 fully saturated rings. The topological polar surface area (TPSA) is 101 Å². The van der Waals surface area contributed by atoms with Crippen molar-refractivity contribution in [2.75, 3.05) is 13.1 Å². The highest BCUT2D eigenvalue weighted by Crippen LogP contribution is 2.26. The zero-order chi connectivity index (χ0) is 15.6. The van der Waals surface area contributed by atoms with Crippen molar-refractivity contribution in [2.45, 2.75) is 13.3 Å². The second kappa shape index (κ2) is 6.09. The van der Waals surface area contributed by atoms with Crippen LogP contribution < -0.4 is 5.73 Å². The molecule has 1 aromatic rings. The summed E-state index contributed by atoms with van der Waals surface area (Å²) in [6.07, 6.45) is 3.12. The van der Waals surface area contributed by atoms with Gasteiger partial charge in [0.05, 0.1) is 10.8 Å². The molecule has 2 rings (SSSR count). The van der Waals surface area contributed by atoms with Crippen LogP contribution in [0.3, 0.4) is 0 Å². The number of carboxylic acids is 1. The van der Waals surface area contributed by atoms with Gasteiger partial charge in [0.15, 0.2) is 0 Å². The van der Waals surface area contributed by atoms with Crippen LogP contribution in [0.4, 0.5) is 0 Å². The molecule has 1 aliphatic rings. The summed E-state index contributed by atoms with van der Waals surface area (Å²) >= 11 is 1.25. The number of nitrogens with zero attached hydrogens (tertiary/aromatic N) is 1. The van der Waals surface area contributed by atoms with Crippen molar-refractivity contribution in [1.82, 2.24) is 4.90 Å². The van der Waals surface area contributed by atoms with Gasteiger partial charge in [-0.3, -0.25) is 9.59 Å². The van der Waals surface area contributed by atoms with Crippen molar-refractivity contribution in [3.05, 3.63) is 27.5 Å². The van der Waals surface area contributed by atoms with E-state index in [1.807, 2.05) is 6.92 Å². The number of likely N-dealkylation sites (tertiary alicyclic amines) is 1. The molecule has 0 spiro atoms. The number of aliphatic carboxylic acids is 1. The standard InChI is InChI=1S/C14H16N2O4S/c1-8-6-11(21-10(8)2-3-12(17)18)14(20)16-5-4-9(7-16)13(15)19/h2-3,6,9H,4-5,7H2,1H3,(H2,15,19)(H,17,18)/b3-2+. The van der Waals surface area contributed by atoms with Crippen LogP contribution in [0.5, 0.6) is 0 Å². The number of rotatable bonds is 4. The summed E-state index contributed by atoms with van der Waals surface area (Å²) in [6, 6.07) is 1.74. The van der Waals surface area contributed by atoms with Crippen molar-refractivity contribution < 1.29 is 19.5 Å². The number of amides is 2. The number of thiophene rings is 1. The van der Waals surface area contributed by atoms with Gasteiger partial charge in [0.1, 0.15) is 0 Å². The van der Waals surface area contributed by atoms with Crippen molar-refractivity contribution in [3.63, 3.8) is 0 Å². The summed E-state index contributed by atoms with van der Waals surface area (Å²) in [5, 5.41) is 8.63. The first-order chi connectivity index (χ1) is 9.88. The van der Waals surface area contributed by atoms with Gasteiger partial charge in [0, 0.05) is 24.0 Å². The third kappa shape index (κ3) is 3.49. The van der Waals surface area contributed by atoms with Crippen molar-refractivity contribution in [1.29, 1.82) is 0 Å². The zero-order valence-electron chi connectivity index (χ0n) is 11.5. The van der Waals surface area contributed by atoms with Crippen LogP contribution in [0.15, 0.2) is 12.1 Å². The van der Waals surface area contributed by atoms with E-state index >= 15 is 0 Å². The van der Waals surface area contributed by atoms with Gasteiger partial charge >= 0.3 is 5.97 Å². The highest BCUT2D eigenvalue weighted by Gasteiger charge is 2.30. The zero-order valence-corrected chi connectivity index (χ0v) is 12.4. The van der Waals surface area contributed by atoms with Crippen LogP contribution >= 0.6 is 11.3 Å². The van der Waals surface area contributed by atoms with E-state index in [4.69, 9.17) is 10.8 Å². The Morgan fingerprint density at radius 1 is 1.48 bits per heavy atom. The molecule has 112 valence electrons. The quantitative estimate of drug-likeness (QED) is 0.813. The minimum absolute atomic E-state index is 0.137.